The number of pyridine rings is 1. The van der Waals surface area contributed by atoms with Gasteiger partial charge in [-0.25, -0.2) is 4.39 Å². The number of rotatable bonds is 4. The molecular formula is C19H22F4N2O. The number of nitrogens with zero attached hydrogens (tertiary/aromatic N) is 2. The molecule has 0 atom stereocenters. The first-order valence-electron chi connectivity index (χ1n) is 8.29. The van der Waals surface area contributed by atoms with Gasteiger partial charge in [-0.2, -0.15) is 13.2 Å². The van der Waals surface area contributed by atoms with E-state index in [0.29, 0.717) is 11.4 Å². The van der Waals surface area contributed by atoms with Gasteiger partial charge < -0.3 is 10.0 Å². The first-order chi connectivity index (χ1) is 11.8. The third kappa shape index (κ3) is 4.52. The van der Waals surface area contributed by atoms with Gasteiger partial charge in [0.05, 0.1) is 12.1 Å². The zero-order chi connectivity index (χ0) is 18.2. The molecule has 0 radical (unpaired) electrons. The number of hydrogen-bond acceptors (Lipinski definition) is 1. The molecular weight excluding hydrogens is 348 g/mol. The van der Waals surface area contributed by atoms with E-state index >= 15 is 0 Å². The minimum absolute atomic E-state index is 0. The van der Waals surface area contributed by atoms with Crippen molar-refractivity contribution < 1.29 is 23.0 Å². The molecule has 2 aromatic rings. The molecule has 0 saturated heterocycles. The topological polar surface area (TPSA) is 48.8 Å². The maximum Gasteiger partial charge on any atom is 0.419 e. The molecule has 26 heavy (non-hydrogen) atoms. The minimum atomic E-state index is -4.70. The third-order valence-electron chi connectivity index (χ3n) is 4.43. The van der Waals surface area contributed by atoms with E-state index in [2.05, 4.69) is 9.56 Å². The first-order valence-corrected chi connectivity index (χ1v) is 8.29. The zero-order valence-electron chi connectivity index (χ0n) is 14.7. The van der Waals surface area contributed by atoms with Crippen LogP contribution in [-0.4, -0.2) is 10.0 Å². The molecule has 1 saturated carbocycles. The van der Waals surface area contributed by atoms with Gasteiger partial charge in [0.1, 0.15) is 11.3 Å². The Hall–Kier alpha value is -2.15. The van der Waals surface area contributed by atoms with E-state index in [4.69, 9.17) is 0 Å². The van der Waals surface area contributed by atoms with Gasteiger partial charge in [0.2, 0.25) is 0 Å². The summed E-state index contributed by atoms with van der Waals surface area (Å²) >= 11 is 0. The van der Waals surface area contributed by atoms with Gasteiger partial charge in [0.15, 0.2) is 0 Å². The molecule has 1 fully saturated rings. The largest absolute Gasteiger partial charge is 0.419 e. The lowest BCUT2D eigenvalue weighted by Gasteiger charge is -2.13. The number of hydrogen-bond donors (Lipinski definition) is 0. The van der Waals surface area contributed by atoms with Crippen molar-refractivity contribution in [1.82, 2.24) is 4.57 Å². The summed E-state index contributed by atoms with van der Waals surface area (Å²) in [6.07, 6.45) is -2.34. The minimum Gasteiger partial charge on any atom is -0.412 e. The maximum atomic E-state index is 14.2. The molecule has 1 aromatic heterocycles. The molecule has 0 aliphatic heterocycles. The summed E-state index contributed by atoms with van der Waals surface area (Å²) in [6.45, 7) is 4.65. The van der Waals surface area contributed by atoms with Crippen LogP contribution in [0, 0.1) is 25.6 Å². The van der Waals surface area contributed by atoms with Crippen molar-refractivity contribution in [2.75, 3.05) is 0 Å². The van der Waals surface area contributed by atoms with Crippen LogP contribution in [0.25, 0.3) is 0 Å². The number of aromatic nitrogens is 1. The predicted octanol–water partition coefficient (Wildman–Crippen LogP) is 3.95. The Kier molecular flexibility index (Phi) is 5.91. The highest BCUT2D eigenvalue weighted by atomic mass is 19.4. The van der Waals surface area contributed by atoms with Crippen LogP contribution in [0.2, 0.25) is 0 Å². The Morgan fingerprint density at radius 1 is 1.15 bits per heavy atom. The maximum absolute atomic E-state index is 14.2. The Labute approximate surface area is 149 Å². The van der Waals surface area contributed by atoms with Crippen LogP contribution in [0.15, 0.2) is 35.3 Å². The van der Waals surface area contributed by atoms with E-state index in [-0.39, 0.29) is 17.6 Å². The fourth-order valence-electron chi connectivity index (χ4n) is 2.93. The van der Waals surface area contributed by atoms with Crippen molar-refractivity contribution in [3.8, 4) is 0 Å². The lowest BCUT2D eigenvalue weighted by atomic mass is 10.1. The van der Waals surface area contributed by atoms with Gasteiger partial charge in [-0.3, -0.25) is 4.99 Å². The Balaban J connectivity index is 0.00000243. The standard InChI is InChI=1S/C19H20F4N2.H2O/c1-12-8-13(2)25(11-14-6-7-14)17(9-12)24-10-15-4-3-5-16(18(15)20)19(21,22)23;/h3-5,8-9,14H,6-7,10-11H2,1-2H3;1H2. The molecule has 0 bridgehead atoms. The highest BCUT2D eigenvalue weighted by molar-refractivity contribution is 5.28. The first kappa shape index (κ1) is 20.2. The van der Waals surface area contributed by atoms with Gasteiger partial charge >= 0.3 is 6.18 Å². The predicted molar refractivity (Wildman–Crippen MR) is 90.9 cm³/mol. The lowest BCUT2D eigenvalue weighted by Crippen LogP contribution is -2.24. The lowest BCUT2D eigenvalue weighted by molar-refractivity contribution is -0.140. The number of alkyl halides is 3. The van der Waals surface area contributed by atoms with Crippen LogP contribution in [-0.2, 0) is 19.3 Å². The summed E-state index contributed by atoms with van der Waals surface area (Å²) < 4.78 is 54.7. The SMILES string of the molecule is Cc1cc(C)n(CC2CC2)c(=NCc2cccc(C(F)(F)F)c2F)c1.O. The van der Waals surface area contributed by atoms with Gasteiger partial charge in [-0.15, -0.1) is 0 Å². The van der Waals surface area contributed by atoms with Gasteiger partial charge in [0.25, 0.3) is 0 Å². The summed E-state index contributed by atoms with van der Waals surface area (Å²) in [5, 5.41) is 0. The normalized spacial score (nSPS) is 15.1. The van der Waals surface area contributed by atoms with E-state index in [1.54, 1.807) is 0 Å². The van der Waals surface area contributed by atoms with Gasteiger partial charge in [0, 0.05) is 17.8 Å². The van der Waals surface area contributed by atoms with E-state index in [1.165, 1.54) is 25.0 Å². The Bertz CT molecular complexity index is 852. The smallest absolute Gasteiger partial charge is 0.412 e. The molecule has 7 heteroatoms. The van der Waals surface area contributed by atoms with Crippen molar-refractivity contribution in [3.05, 3.63) is 64.0 Å². The van der Waals surface area contributed by atoms with Crippen molar-refractivity contribution in [1.29, 1.82) is 0 Å². The molecule has 0 spiro atoms. The van der Waals surface area contributed by atoms with Gasteiger partial charge in [-0.05, 0) is 56.4 Å². The Morgan fingerprint density at radius 3 is 2.46 bits per heavy atom. The van der Waals surface area contributed by atoms with Crippen LogP contribution < -0.4 is 5.49 Å². The molecule has 0 amide bonds. The summed E-state index contributed by atoms with van der Waals surface area (Å²) in [7, 11) is 0. The molecule has 1 aliphatic carbocycles. The van der Waals surface area contributed by atoms with E-state index in [0.717, 1.165) is 23.9 Å². The van der Waals surface area contributed by atoms with Crippen LogP contribution in [0.4, 0.5) is 17.6 Å². The van der Waals surface area contributed by atoms with Crippen molar-refractivity contribution >= 4 is 0 Å². The van der Waals surface area contributed by atoms with Crippen LogP contribution in [0.1, 0.15) is 35.2 Å². The summed E-state index contributed by atoms with van der Waals surface area (Å²) in [4.78, 5) is 4.42. The molecule has 3 rings (SSSR count). The molecule has 2 N–H and O–H groups in total. The highest BCUT2D eigenvalue weighted by Gasteiger charge is 2.34. The van der Waals surface area contributed by atoms with Crippen LogP contribution >= 0.6 is 0 Å². The fraction of sp³-hybridized carbons (Fsp3) is 0.421. The second-order valence-corrected chi connectivity index (χ2v) is 6.68. The Morgan fingerprint density at radius 2 is 1.85 bits per heavy atom. The molecule has 0 unspecified atom stereocenters. The summed E-state index contributed by atoms with van der Waals surface area (Å²) in [5.74, 6) is -0.609. The van der Waals surface area contributed by atoms with Crippen LogP contribution in [0.3, 0.4) is 0 Å². The molecule has 1 heterocycles. The molecule has 1 aromatic carbocycles. The van der Waals surface area contributed by atoms with Crippen molar-refractivity contribution in [2.45, 2.75) is 46.0 Å². The molecule has 3 nitrogen and oxygen atoms in total. The number of aryl methyl sites for hydroxylation is 2. The number of benzene rings is 1. The van der Waals surface area contributed by atoms with Crippen molar-refractivity contribution in [2.24, 2.45) is 10.9 Å². The van der Waals surface area contributed by atoms with Gasteiger partial charge in [-0.1, -0.05) is 12.1 Å². The third-order valence-corrected chi connectivity index (χ3v) is 4.43. The second kappa shape index (κ2) is 7.61. The number of halogens is 4. The summed E-state index contributed by atoms with van der Waals surface area (Å²) in [6, 6.07) is 7.26. The van der Waals surface area contributed by atoms with E-state index in [1.807, 2.05) is 26.0 Å². The summed E-state index contributed by atoms with van der Waals surface area (Å²) in [5.41, 5.74) is 1.46. The monoisotopic (exact) mass is 370 g/mol. The fourth-order valence-corrected chi connectivity index (χ4v) is 2.93. The van der Waals surface area contributed by atoms with Crippen molar-refractivity contribution in [3.63, 3.8) is 0 Å². The zero-order valence-corrected chi connectivity index (χ0v) is 14.7. The highest BCUT2D eigenvalue weighted by Crippen LogP contribution is 2.32. The molecule has 1 aliphatic rings. The average Bonchev–Trinajstić information content (AvgIpc) is 3.32. The second-order valence-electron chi connectivity index (χ2n) is 6.68. The molecule has 142 valence electrons. The van der Waals surface area contributed by atoms with E-state index in [9.17, 15) is 17.6 Å². The quantitative estimate of drug-likeness (QED) is 0.732. The van der Waals surface area contributed by atoms with E-state index < -0.39 is 17.6 Å². The van der Waals surface area contributed by atoms with Crippen LogP contribution in [0.5, 0.6) is 0 Å². The average molecular weight is 370 g/mol.